The van der Waals surface area contributed by atoms with Gasteiger partial charge in [-0.05, 0) is 33.4 Å². The molecule has 1 saturated heterocycles. The zero-order valence-electron chi connectivity index (χ0n) is 9.32. The van der Waals surface area contributed by atoms with Crippen LogP contribution in [0.4, 0.5) is 4.79 Å². The third kappa shape index (κ3) is 2.87. The van der Waals surface area contributed by atoms with Crippen LogP contribution in [-0.2, 0) is 4.74 Å². The average molecular weight is 200 g/mol. The summed E-state index contributed by atoms with van der Waals surface area (Å²) in [5.41, 5.74) is 0. The van der Waals surface area contributed by atoms with Crippen molar-refractivity contribution in [3.63, 3.8) is 0 Å². The molecule has 0 aliphatic carbocycles. The van der Waals surface area contributed by atoms with E-state index in [-0.39, 0.29) is 6.09 Å². The minimum Gasteiger partial charge on any atom is -0.450 e. The lowest BCUT2D eigenvalue weighted by Crippen LogP contribution is -2.39. The number of amides is 1. The molecule has 1 unspecified atom stereocenters. The lowest BCUT2D eigenvalue weighted by atomic mass is 10.2. The smallest absolute Gasteiger partial charge is 0.409 e. The van der Waals surface area contributed by atoms with Crippen LogP contribution in [0.1, 0.15) is 19.8 Å². The van der Waals surface area contributed by atoms with Gasteiger partial charge in [0, 0.05) is 19.6 Å². The van der Waals surface area contributed by atoms with Crippen LogP contribution in [0.25, 0.3) is 0 Å². The number of ether oxygens (including phenoxy) is 1. The molecule has 4 heteroatoms. The van der Waals surface area contributed by atoms with Crippen molar-refractivity contribution in [3.05, 3.63) is 0 Å². The summed E-state index contributed by atoms with van der Waals surface area (Å²) in [6, 6.07) is 0.504. The van der Waals surface area contributed by atoms with Gasteiger partial charge in [-0.3, -0.25) is 0 Å². The third-order valence-electron chi connectivity index (χ3n) is 2.74. The van der Waals surface area contributed by atoms with Crippen LogP contribution < -0.4 is 0 Å². The van der Waals surface area contributed by atoms with Gasteiger partial charge in [0.2, 0.25) is 0 Å². The van der Waals surface area contributed by atoms with Gasteiger partial charge in [-0.25, -0.2) is 4.79 Å². The highest BCUT2D eigenvalue weighted by molar-refractivity contribution is 5.67. The van der Waals surface area contributed by atoms with Gasteiger partial charge in [0.25, 0.3) is 0 Å². The molecule has 0 aromatic heterocycles. The Hall–Kier alpha value is -0.770. The molecule has 1 rings (SSSR count). The Morgan fingerprint density at radius 3 is 2.86 bits per heavy atom. The SMILES string of the molecule is CCOC(=O)N(C)CC1CCCN1C. The molecule has 0 aromatic carbocycles. The maximum Gasteiger partial charge on any atom is 0.409 e. The largest absolute Gasteiger partial charge is 0.450 e. The molecular formula is C10H20N2O2. The van der Waals surface area contributed by atoms with Crippen LogP contribution in [0.15, 0.2) is 0 Å². The Morgan fingerprint density at radius 1 is 1.64 bits per heavy atom. The van der Waals surface area contributed by atoms with Crippen molar-refractivity contribution < 1.29 is 9.53 Å². The predicted molar refractivity (Wildman–Crippen MR) is 55.3 cm³/mol. The van der Waals surface area contributed by atoms with Crippen molar-refractivity contribution in [3.8, 4) is 0 Å². The number of likely N-dealkylation sites (N-methyl/N-ethyl adjacent to an activating group) is 2. The van der Waals surface area contributed by atoms with Crippen molar-refractivity contribution in [1.29, 1.82) is 0 Å². The summed E-state index contributed by atoms with van der Waals surface area (Å²) in [4.78, 5) is 15.3. The van der Waals surface area contributed by atoms with E-state index in [1.807, 2.05) is 6.92 Å². The third-order valence-corrected chi connectivity index (χ3v) is 2.74. The Kier molecular flexibility index (Phi) is 4.20. The fourth-order valence-electron chi connectivity index (χ4n) is 1.83. The zero-order valence-corrected chi connectivity index (χ0v) is 9.32. The Bertz CT molecular complexity index is 197. The van der Waals surface area contributed by atoms with Gasteiger partial charge >= 0.3 is 6.09 Å². The zero-order chi connectivity index (χ0) is 10.6. The summed E-state index contributed by atoms with van der Waals surface area (Å²) in [6.07, 6.45) is 2.20. The fourth-order valence-corrected chi connectivity index (χ4v) is 1.83. The molecule has 0 radical (unpaired) electrons. The first-order valence-corrected chi connectivity index (χ1v) is 5.23. The van der Waals surface area contributed by atoms with E-state index >= 15 is 0 Å². The minimum absolute atomic E-state index is 0.215. The van der Waals surface area contributed by atoms with E-state index < -0.39 is 0 Å². The van der Waals surface area contributed by atoms with E-state index in [0.717, 1.165) is 13.1 Å². The number of rotatable bonds is 3. The van der Waals surface area contributed by atoms with Crippen LogP contribution in [0, 0.1) is 0 Å². The molecule has 0 bridgehead atoms. The van der Waals surface area contributed by atoms with Crippen molar-refractivity contribution in [2.75, 3.05) is 33.8 Å². The highest BCUT2D eigenvalue weighted by Crippen LogP contribution is 2.15. The van der Waals surface area contributed by atoms with Gasteiger partial charge in [0.15, 0.2) is 0 Å². The van der Waals surface area contributed by atoms with Gasteiger partial charge in [0.05, 0.1) is 6.61 Å². The first-order valence-electron chi connectivity index (χ1n) is 5.23. The lowest BCUT2D eigenvalue weighted by molar-refractivity contribution is 0.107. The molecule has 14 heavy (non-hydrogen) atoms. The maximum atomic E-state index is 11.3. The molecule has 0 N–H and O–H groups in total. The van der Waals surface area contributed by atoms with Crippen LogP contribution in [0.5, 0.6) is 0 Å². The monoisotopic (exact) mass is 200 g/mol. The number of carbonyl (C=O) groups is 1. The van der Waals surface area contributed by atoms with Crippen molar-refractivity contribution >= 4 is 6.09 Å². The van der Waals surface area contributed by atoms with Gasteiger partial charge < -0.3 is 14.5 Å². The standard InChI is InChI=1S/C10H20N2O2/c1-4-14-10(13)12(3)8-9-6-5-7-11(9)2/h9H,4-8H2,1-3H3. The summed E-state index contributed by atoms with van der Waals surface area (Å²) in [5, 5.41) is 0. The summed E-state index contributed by atoms with van der Waals surface area (Å²) < 4.78 is 4.92. The molecule has 1 aliphatic heterocycles. The van der Waals surface area contributed by atoms with E-state index in [1.165, 1.54) is 12.8 Å². The summed E-state index contributed by atoms with van der Waals surface area (Å²) in [5.74, 6) is 0. The molecule has 1 fully saturated rings. The fraction of sp³-hybridized carbons (Fsp3) is 0.900. The average Bonchev–Trinajstić information content (AvgIpc) is 2.52. The normalized spacial score (nSPS) is 22.4. The number of hydrogen-bond acceptors (Lipinski definition) is 3. The Morgan fingerprint density at radius 2 is 2.36 bits per heavy atom. The summed E-state index contributed by atoms with van der Waals surface area (Å²) >= 11 is 0. The second kappa shape index (κ2) is 5.20. The van der Waals surface area contributed by atoms with E-state index in [2.05, 4.69) is 11.9 Å². The topological polar surface area (TPSA) is 32.8 Å². The number of carbonyl (C=O) groups excluding carboxylic acids is 1. The van der Waals surface area contributed by atoms with Crippen molar-refractivity contribution in [2.45, 2.75) is 25.8 Å². The quantitative estimate of drug-likeness (QED) is 0.685. The van der Waals surface area contributed by atoms with Crippen LogP contribution in [0.2, 0.25) is 0 Å². The second-order valence-electron chi connectivity index (χ2n) is 3.86. The molecule has 1 amide bonds. The molecular weight excluding hydrogens is 180 g/mol. The van der Waals surface area contributed by atoms with Crippen molar-refractivity contribution in [1.82, 2.24) is 9.80 Å². The second-order valence-corrected chi connectivity index (χ2v) is 3.86. The first kappa shape index (κ1) is 11.3. The summed E-state index contributed by atoms with van der Waals surface area (Å²) in [7, 11) is 3.90. The molecule has 0 spiro atoms. The number of nitrogens with zero attached hydrogens (tertiary/aromatic N) is 2. The Labute approximate surface area is 85.8 Å². The Balaban J connectivity index is 2.32. The molecule has 1 heterocycles. The predicted octanol–water partition coefficient (Wildman–Crippen LogP) is 1.17. The van der Waals surface area contributed by atoms with Gasteiger partial charge in [-0.1, -0.05) is 0 Å². The van der Waals surface area contributed by atoms with Gasteiger partial charge in [-0.15, -0.1) is 0 Å². The highest BCUT2D eigenvalue weighted by atomic mass is 16.5. The molecule has 4 nitrogen and oxygen atoms in total. The lowest BCUT2D eigenvalue weighted by Gasteiger charge is -2.25. The van der Waals surface area contributed by atoms with Crippen LogP contribution in [0.3, 0.4) is 0 Å². The summed E-state index contributed by atoms with van der Waals surface area (Å²) in [6.45, 7) is 4.19. The van der Waals surface area contributed by atoms with E-state index in [0.29, 0.717) is 12.6 Å². The molecule has 0 aromatic rings. The van der Waals surface area contributed by atoms with Crippen molar-refractivity contribution in [2.24, 2.45) is 0 Å². The van der Waals surface area contributed by atoms with E-state index in [9.17, 15) is 4.79 Å². The number of likely N-dealkylation sites (tertiary alicyclic amines) is 1. The highest BCUT2D eigenvalue weighted by Gasteiger charge is 2.23. The van der Waals surface area contributed by atoms with Crippen LogP contribution in [-0.4, -0.2) is 55.7 Å². The van der Waals surface area contributed by atoms with E-state index in [1.54, 1.807) is 11.9 Å². The van der Waals surface area contributed by atoms with Gasteiger partial charge in [-0.2, -0.15) is 0 Å². The molecule has 0 saturated carbocycles. The van der Waals surface area contributed by atoms with Gasteiger partial charge in [0.1, 0.15) is 0 Å². The van der Waals surface area contributed by atoms with E-state index in [4.69, 9.17) is 4.74 Å². The first-order chi connectivity index (χ1) is 6.65. The maximum absolute atomic E-state index is 11.3. The molecule has 1 atom stereocenters. The minimum atomic E-state index is -0.215. The molecule has 1 aliphatic rings. The van der Waals surface area contributed by atoms with Crippen LogP contribution >= 0.6 is 0 Å². The molecule has 82 valence electrons. The number of hydrogen-bond donors (Lipinski definition) is 0.